The van der Waals surface area contributed by atoms with Crippen LogP contribution in [0.25, 0.3) is 0 Å². The number of benzene rings is 1. The van der Waals surface area contributed by atoms with Gasteiger partial charge in [0.05, 0.1) is 6.10 Å². The predicted octanol–water partition coefficient (Wildman–Crippen LogP) is 2.93. The van der Waals surface area contributed by atoms with Gasteiger partial charge in [0.15, 0.2) is 0 Å². The van der Waals surface area contributed by atoms with Crippen LogP contribution in [0.4, 0.5) is 0 Å². The molecule has 1 aromatic rings. The van der Waals surface area contributed by atoms with Gasteiger partial charge in [0, 0.05) is 10.5 Å². The summed E-state index contributed by atoms with van der Waals surface area (Å²) in [6.07, 6.45) is 3.02. The summed E-state index contributed by atoms with van der Waals surface area (Å²) in [7, 11) is 0. The maximum absolute atomic E-state index is 9.61. The highest BCUT2D eigenvalue weighted by Crippen LogP contribution is 2.23. The molecular weight excluding hydrogens is 316 g/mol. The van der Waals surface area contributed by atoms with Gasteiger partial charge in [-0.1, -0.05) is 28.1 Å². The minimum atomic E-state index is -0.166. The molecule has 3 nitrogen and oxygen atoms in total. The van der Waals surface area contributed by atoms with Gasteiger partial charge in [0.1, 0.15) is 0 Å². The van der Waals surface area contributed by atoms with E-state index in [0.29, 0.717) is 5.92 Å². The van der Waals surface area contributed by atoms with Gasteiger partial charge in [-0.25, -0.2) is 0 Å². The summed E-state index contributed by atoms with van der Waals surface area (Å²) in [6.45, 7) is 5.12. The SMILES string of the molecule is CC(O)C1CCN(CCC(N)c2cccc(Br)c2)CC1. The fraction of sp³-hybridized carbons (Fsp3) is 0.625. The minimum absolute atomic E-state index is 0.0991. The summed E-state index contributed by atoms with van der Waals surface area (Å²) < 4.78 is 1.09. The summed E-state index contributed by atoms with van der Waals surface area (Å²) in [4.78, 5) is 2.47. The Hall–Kier alpha value is -0.420. The van der Waals surface area contributed by atoms with Crippen molar-refractivity contribution in [1.29, 1.82) is 0 Å². The molecule has 0 bridgehead atoms. The van der Waals surface area contributed by atoms with Crippen molar-refractivity contribution in [2.45, 2.75) is 38.3 Å². The lowest BCUT2D eigenvalue weighted by atomic mass is 9.92. The second-order valence-corrected chi connectivity index (χ2v) is 6.79. The lowest BCUT2D eigenvalue weighted by Gasteiger charge is -2.33. The van der Waals surface area contributed by atoms with E-state index in [-0.39, 0.29) is 12.1 Å². The number of aliphatic hydroxyl groups is 1. The molecular formula is C16H25BrN2O. The van der Waals surface area contributed by atoms with Crippen molar-refractivity contribution in [3.05, 3.63) is 34.3 Å². The first-order valence-corrected chi connectivity index (χ1v) is 8.27. The second kappa shape index (κ2) is 7.55. The molecule has 112 valence electrons. The molecule has 2 atom stereocenters. The van der Waals surface area contributed by atoms with Crippen molar-refractivity contribution in [3.8, 4) is 0 Å². The maximum atomic E-state index is 9.61. The molecule has 1 heterocycles. The van der Waals surface area contributed by atoms with E-state index in [0.717, 1.165) is 43.4 Å². The molecule has 0 aliphatic carbocycles. The number of nitrogens with zero attached hydrogens (tertiary/aromatic N) is 1. The Morgan fingerprint density at radius 3 is 2.70 bits per heavy atom. The molecule has 1 aliphatic heterocycles. The Labute approximate surface area is 130 Å². The van der Waals surface area contributed by atoms with Gasteiger partial charge in [0.2, 0.25) is 0 Å². The molecule has 0 spiro atoms. The molecule has 0 radical (unpaired) electrons. The molecule has 1 saturated heterocycles. The van der Waals surface area contributed by atoms with Gasteiger partial charge in [-0.3, -0.25) is 0 Å². The number of hydrogen-bond acceptors (Lipinski definition) is 3. The molecule has 2 unspecified atom stereocenters. The molecule has 2 rings (SSSR count). The van der Waals surface area contributed by atoms with Crippen LogP contribution in [0.5, 0.6) is 0 Å². The maximum Gasteiger partial charge on any atom is 0.0541 e. The standard InChI is InChI=1S/C16H25BrN2O/c1-12(20)13-5-8-19(9-6-13)10-7-16(18)14-3-2-4-15(17)11-14/h2-4,11-13,16,20H,5-10,18H2,1H3. The lowest BCUT2D eigenvalue weighted by Crippen LogP contribution is -2.38. The van der Waals surface area contributed by atoms with Crippen LogP contribution in [0.15, 0.2) is 28.7 Å². The van der Waals surface area contributed by atoms with Crippen LogP contribution < -0.4 is 5.73 Å². The second-order valence-electron chi connectivity index (χ2n) is 5.87. The van der Waals surface area contributed by atoms with Gasteiger partial charge in [-0.05, 0) is 69.4 Å². The smallest absolute Gasteiger partial charge is 0.0541 e. The molecule has 0 saturated carbocycles. The number of piperidine rings is 1. The van der Waals surface area contributed by atoms with Crippen LogP contribution in [0.1, 0.15) is 37.8 Å². The summed E-state index contributed by atoms with van der Waals surface area (Å²) in [5.41, 5.74) is 7.46. The zero-order chi connectivity index (χ0) is 14.5. The summed E-state index contributed by atoms with van der Waals surface area (Å²) in [6, 6.07) is 8.35. The Balaban J connectivity index is 1.76. The number of likely N-dealkylation sites (tertiary alicyclic amines) is 1. The van der Waals surface area contributed by atoms with Gasteiger partial charge in [-0.2, -0.15) is 0 Å². The average molecular weight is 341 g/mol. The summed E-state index contributed by atoms with van der Waals surface area (Å²) in [5.74, 6) is 0.477. The Morgan fingerprint density at radius 1 is 1.40 bits per heavy atom. The molecule has 1 aliphatic rings. The monoisotopic (exact) mass is 340 g/mol. The highest BCUT2D eigenvalue weighted by atomic mass is 79.9. The third-order valence-corrected chi connectivity index (χ3v) is 4.84. The molecule has 0 aromatic heterocycles. The van der Waals surface area contributed by atoms with Crippen molar-refractivity contribution in [2.24, 2.45) is 11.7 Å². The van der Waals surface area contributed by atoms with E-state index in [1.54, 1.807) is 0 Å². The van der Waals surface area contributed by atoms with Gasteiger partial charge >= 0.3 is 0 Å². The number of rotatable bonds is 5. The molecule has 1 fully saturated rings. The van der Waals surface area contributed by atoms with E-state index in [1.807, 2.05) is 19.1 Å². The molecule has 1 aromatic carbocycles. The van der Waals surface area contributed by atoms with Crippen LogP contribution in [-0.2, 0) is 0 Å². The van der Waals surface area contributed by atoms with E-state index < -0.39 is 0 Å². The number of nitrogens with two attached hydrogens (primary N) is 1. The van der Waals surface area contributed by atoms with Crippen molar-refractivity contribution in [1.82, 2.24) is 4.90 Å². The summed E-state index contributed by atoms with van der Waals surface area (Å²) in [5, 5.41) is 9.61. The van der Waals surface area contributed by atoms with Crippen LogP contribution in [0, 0.1) is 5.92 Å². The van der Waals surface area contributed by atoms with Crippen molar-refractivity contribution in [2.75, 3.05) is 19.6 Å². The first-order chi connectivity index (χ1) is 9.56. The lowest BCUT2D eigenvalue weighted by molar-refractivity contribution is 0.0709. The Kier molecular flexibility index (Phi) is 6.02. The largest absolute Gasteiger partial charge is 0.393 e. The highest BCUT2D eigenvalue weighted by molar-refractivity contribution is 9.10. The molecule has 20 heavy (non-hydrogen) atoms. The number of halogens is 1. The predicted molar refractivity (Wildman–Crippen MR) is 86.5 cm³/mol. The highest BCUT2D eigenvalue weighted by Gasteiger charge is 2.22. The van der Waals surface area contributed by atoms with E-state index >= 15 is 0 Å². The van der Waals surface area contributed by atoms with Crippen LogP contribution in [0.2, 0.25) is 0 Å². The van der Waals surface area contributed by atoms with Crippen molar-refractivity contribution in [3.63, 3.8) is 0 Å². The zero-order valence-corrected chi connectivity index (χ0v) is 13.7. The average Bonchev–Trinajstić information content (AvgIpc) is 2.45. The first-order valence-electron chi connectivity index (χ1n) is 7.47. The fourth-order valence-electron chi connectivity index (χ4n) is 2.88. The number of aliphatic hydroxyl groups excluding tert-OH is 1. The first kappa shape index (κ1) is 16.0. The van der Waals surface area contributed by atoms with Crippen LogP contribution in [-0.4, -0.2) is 35.7 Å². The zero-order valence-electron chi connectivity index (χ0n) is 12.1. The van der Waals surface area contributed by atoms with Gasteiger partial charge in [0.25, 0.3) is 0 Å². The Bertz CT molecular complexity index is 417. The fourth-order valence-corrected chi connectivity index (χ4v) is 3.30. The molecule has 3 N–H and O–H groups in total. The minimum Gasteiger partial charge on any atom is -0.393 e. The van der Waals surface area contributed by atoms with Crippen LogP contribution in [0.3, 0.4) is 0 Å². The van der Waals surface area contributed by atoms with E-state index in [9.17, 15) is 5.11 Å². The topological polar surface area (TPSA) is 49.5 Å². The van der Waals surface area contributed by atoms with Crippen molar-refractivity contribution < 1.29 is 5.11 Å². The molecule has 4 heteroatoms. The summed E-state index contributed by atoms with van der Waals surface area (Å²) >= 11 is 3.49. The third-order valence-electron chi connectivity index (χ3n) is 4.35. The van der Waals surface area contributed by atoms with E-state index in [1.165, 1.54) is 5.56 Å². The molecule has 0 amide bonds. The van der Waals surface area contributed by atoms with Gasteiger partial charge < -0.3 is 15.7 Å². The van der Waals surface area contributed by atoms with E-state index in [2.05, 4.69) is 33.0 Å². The van der Waals surface area contributed by atoms with Crippen LogP contribution >= 0.6 is 15.9 Å². The quantitative estimate of drug-likeness (QED) is 0.866. The van der Waals surface area contributed by atoms with E-state index in [4.69, 9.17) is 5.73 Å². The van der Waals surface area contributed by atoms with Crippen molar-refractivity contribution >= 4 is 15.9 Å². The third kappa shape index (κ3) is 4.55. The Morgan fingerprint density at radius 2 is 2.10 bits per heavy atom. The van der Waals surface area contributed by atoms with Gasteiger partial charge in [-0.15, -0.1) is 0 Å². The normalized spacial score (nSPS) is 20.8. The number of hydrogen-bond donors (Lipinski definition) is 2.